The third kappa shape index (κ3) is 6.45. The Morgan fingerprint density at radius 3 is 2.30 bits per heavy atom. The number of aromatic nitrogens is 4. The average Bonchev–Trinajstić information content (AvgIpc) is 3.75. The molecular formula is C44H45FN10O5. The Balaban J connectivity index is 0.760. The minimum absolute atomic E-state index is 0.0586. The second-order valence-corrected chi connectivity index (χ2v) is 16.7. The molecule has 5 aliphatic heterocycles. The van der Waals surface area contributed by atoms with Gasteiger partial charge in [-0.2, -0.15) is 5.10 Å². The van der Waals surface area contributed by atoms with Crippen molar-refractivity contribution in [2.75, 3.05) is 49.9 Å². The Morgan fingerprint density at radius 1 is 0.833 bits per heavy atom. The zero-order valence-electron chi connectivity index (χ0n) is 33.2. The SMILES string of the molecule is C[C@@]1(N2CCC(n3nc(-c4ccc(Oc5ccccc5)cc4)c4c(N)ncnc43)CC2)CCN(C2CN(c3ccc4c(c3)C(=O)N(C3CCC(=O)NC3=O)C4=O)C2)CC1F. The molecule has 3 aromatic carbocycles. The van der Waals surface area contributed by atoms with E-state index in [-0.39, 0.29) is 36.1 Å². The molecule has 4 amide bonds. The van der Waals surface area contributed by atoms with Crippen LogP contribution in [0.25, 0.3) is 22.3 Å². The monoisotopic (exact) mass is 812 g/mol. The summed E-state index contributed by atoms with van der Waals surface area (Å²) in [5, 5.41) is 8.03. The van der Waals surface area contributed by atoms with Crippen molar-refractivity contribution in [2.24, 2.45) is 0 Å². The van der Waals surface area contributed by atoms with Gasteiger partial charge in [0.2, 0.25) is 11.8 Å². The van der Waals surface area contributed by atoms with Gasteiger partial charge >= 0.3 is 0 Å². The van der Waals surface area contributed by atoms with Crippen LogP contribution in [0.1, 0.15) is 65.8 Å². The van der Waals surface area contributed by atoms with Gasteiger partial charge in [0.05, 0.1) is 28.1 Å². The molecule has 0 bridgehead atoms. The van der Waals surface area contributed by atoms with E-state index < -0.39 is 41.4 Å². The molecule has 3 N–H and O–H groups in total. The number of likely N-dealkylation sites (tertiary alicyclic amines) is 2. The molecule has 5 aliphatic rings. The third-order valence-corrected chi connectivity index (χ3v) is 13.3. The number of alkyl halides is 1. The molecule has 10 rings (SSSR count). The number of rotatable bonds is 8. The van der Waals surface area contributed by atoms with Gasteiger partial charge in [0.25, 0.3) is 11.8 Å². The van der Waals surface area contributed by atoms with Crippen molar-refractivity contribution in [1.29, 1.82) is 0 Å². The highest BCUT2D eigenvalue weighted by Crippen LogP contribution is 2.40. The first-order valence-corrected chi connectivity index (χ1v) is 20.6. The van der Waals surface area contributed by atoms with E-state index in [0.717, 1.165) is 54.4 Å². The molecule has 2 unspecified atom stereocenters. The highest BCUT2D eigenvalue weighted by Gasteiger charge is 2.49. The number of fused-ring (bicyclic) bond motifs is 2. The van der Waals surface area contributed by atoms with Crippen LogP contribution in [0.3, 0.4) is 0 Å². The summed E-state index contributed by atoms with van der Waals surface area (Å²) in [5.74, 6) is -0.259. The van der Waals surface area contributed by atoms with Gasteiger partial charge in [-0.3, -0.25) is 39.2 Å². The van der Waals surface area contributed by atoms with Crippen LogP contribution in [0.4, 0.5) is 15.9 Å². The Bertz CT molecular complexity index is 2520. The largest absolute Gasteiger partial charge is 0.457 e. The van der Waals surface area contributed by atoms with E-state index in [0.29, 0.717) is 54.3 Å². The molecule has 2 aromatic heterocycles. The van der Waals surface area contributed by atoms with Crippen LogP contribution in [-0.4, -0.2) is 121 Å². The van der Waals surface area contributed by atoms with Crippen LogP contribution in [0, 0.1) is 0 Å². The molecule has 0 radical (unpaired) electrons. The van der Waals surface area contributed by atoms with E-state index in [2.05, 4.69) is 36.9 Å². The highest BCUT2D eigenvalue weighted by molar-refractivity contribution is 6.23. The number of nitrogens with zero attached hydrogens (tertiary/aromatic N) is 8. The molecule has 5 aromatic rings. The molecule has 0 aliphatic carbocycles. The molecule has 15 nitrogen and oxygen atoms in total. The topological polar surface area (TPSA) is 172 Å². The number of hydrogen-bond donors (Lipinski definition) is 2. The smallest absolute Gasteiger partial charge is 0.262 e. The predicted octanol–water partition coefficient (Wildman–Crippen LogP) is 4.60. The van der Waals surface area contributed by atoms with Crippen molar-refractivity contribution in [3.8, 4) is 22.8 Å². The molecule has 4 fully saturated rings. The molecule has 3 atom stereocenters. The number of imide groups is 2. The van der Waals surface area contributed by atoms with Crippen LogP contribution < -0.4 is 20.7 Å². The number of anilines is 2. The molecule has 308 valence electrons. The average molecular weight is 813 g/mol. The first kappa shape index (κ1) is 38.0. The van der Waals surface area contributed by atoms with Crippen LogP contribution >= 0.6 is 0 Å². The van der Waals surface area contributed by atoms with Gasteiger partial charge in [-0.05, 0) is 87.2 Å². The molecule has 0 spiro atoms. The van der Waals surface area contributed by atoms with Gasteiger partial charge in [0.15, 0.2) is 5.65 Å². The number of amides is 4. The number of piperidine rings is 3. The lowest BCUT2D eigenvalue weighted by Gasteiger charge is -2.54. The molecule has 60 heavy (non-hydrogen) atoms. The van der Waals surface area contributed by atoms with Gasteiger partial charge in [0.1, 0.15) is 41.6 Å². The minimum Gasteiger partial charge on any atom is -0.457 e. The van der Waals surface area contributed by atoms with Gasteiger partial charge in [-0.1, -0.05) is 18.2 Å². The number of halogens is 1. The standard InChI is InChI=1S/C44H45FN10O5/c1-44(17-20-51(24-35(44)45)29-22-52(23-29)28-9-12-32-33(21-28)43(59)54(42(32)58)34-13-14-36(56)49-41(34)57)53-18-15-27(16-19-53)55-40-37(39(46)47-25-48-40)38(50-55)26-7-10-31(11-8-26)60-30-5-3-2-4-6-30/h2-12,21,25,27,29,34-35H,13-20,22-24H2,1H3,(H2,46,47,48)(H,49,56,57)/t34?,35?,44-/m1/s1. The van der Waals surface area contributed by atoms with Crippen molar-refractivity contribution < 1.29 is 28.3 Å². The number of carbonyl (C=O) groups excluding carboxylic acids is 4. The van der Waals surface area contributed by atoms with E-state index >= 15 is 4.39 Å². The van der Waals surface area contributed by atoms with Crippen molar-refractivity contribution in [2.45, 2.75) is 68.9 Å². The lowest BCUT2D eigenvalue weighted by Crippen LogP contribution is -2.68. The third-order valence-electron chi connectivity index (χ3n) is 13.3. The molecular weight excluding hydrogens is 768 g/mol. The number of nitrogen functional groups attached to an aromatic ring is 1. The maximum Gasteiger partial charge on any atom is 0.262 e. The second-order valence-electron chi connectivity index (χ2n) is 16.7. The molecule has 7 heterocycles. The fourth-order valence-electron chi connectivity index (χ4n) is 9.64. The quantitative estimate of drug-likeness (QED) is 0.209. The first-order chi connectivity index (χ1) is 29.1. The summed E-state index contributed by atoms with van der Waals surface area (Å²) in [6.45, 7) is 5.96. The molecule has 16 heteroatoms. The van der Waals surface area contributed by atoms with E-state index in [4.69, 9.17) is 15.6 Å². The van der Waals surface area contributed by atoms with E-state index in [1.54, 1.807) is 12.1 Å². The zero-order chi connectivity index (χ0) is 41.3. The number of para-hydroxylation sites is 1. The van der Waals surface area contributed by atoms with Crippen molar-refractivity contribution in [3.05, 3.63) is 90.3 Å². The van der Waals surface area contributed by atoms with Crippen LogP contribution in [-0.2, 0) is 9.59 Å². The number of nitrogens with two attached hydrogens (primary N) is 1. The fourth-order valence-corrected chi connectivity index (χ4v) is 9.64. The van der Waals surface area contributed by atoms with Crippen molar-refractivity contribution in [1.82, 2.24) is 39.8 Å². The second kappa shape index (κ2) is 14.8. The Hall–Kier alpha value is -6.26. The lowest BCUT2D eigenvalue weighted by atomic mass is 9.83. The summed E-state index contributed by atoms with van der Waals surface area (Å²) in [6.07, 6.45) is 2.88. The lowest BCUT2D eigenvalue weighted by molar-refractivity contribution is -0.136. The van der Waals surface area contributed by atoms with E-state index in [1.807, 2.05) is 65.3 Å². The van der Waals surface area contributed by atoms with Crippen LogP contribution in [0.15, 0.2) is 79.1 Å². The number of benzene rings is 3. The van der Waals surface area contributed by atoms with Crippen molar-refractivity contribution >= 4 is 46.2 Å². The van der Waals surface area contributed by atoms with E-state index in [9.17, 15) is 19.2 Å². The van der Waals surface area contributed by atoms with Gasteiger partial charge in [-0.15, -0.1) is 0 Å². The summed E-state index contributed by atoms with van der Waals surface area (Å²) in [5.41, 5.74) is 9.43. The summed E-state index contributed by atoms with van der Waals surface area (Å²) in [7, 11) is 0. The number of carbonyl (C=O) groups is 4. The maximum absolute atomic E-state index is 16.4. The van der Waals surface area contributed by atoms with Crippen LogP contribution in [0.5, 0.6) is 11.5 Å². The van der Waals surface area contributed by atoms with Gasteiger partial charge < -0.3 is 15.4 Å². The summed E-state index contributed by atoms with van der Waals surface area (Å²) >= 11 is 0. The Labute approximate surface area is 345 Å². The number of ether oxygens (including phenoxy) is 1. The summed E-state index contributed by atoms with van der Waals surface area (Å²) in [6, 6.07) is 21.7. The summed E-state index contributed by atoms with van der Waals surface area (Å²) in [4.78, 5) is 67.2. The molecule has 0 saturated carbocycles. The molecule has 4 saturated heterocycles. The Kier molecular flexibility index (Phi) is 9.35. The van der Waals surface area contributed by atoms with Crippen LogP contribution in [0.2, 0.25) is 0 Å². The normalized spacial score (nSPS) is 24.5. The predicted molar refractivity (Wildman–Crippen MR) is 220 cm³/mol. The first-order valence-electron chi connectivity index (χ1n) is 20.6. The van der Waals surface area contributed by atoms with Gasteiger partial charge in [-0.25, -0.2) is 19.0 Å². The summed E-state index contributed by atoms with van der Waals surface area (Å²) < 4.78 is 24.4. The minimum atomic E-state index is -1.04. The fraction of sp³-hybridized carbons (Fsp3) is 0.386. The maximum atomic E-state index is 16.4. The highest BCUT2D eigenvalue weighted by atomic mass is 19.1. The zero-order valence-corrected chi connectivity index (χ0v) is 33.2. The Morgan fingerprint density at radius 2 is 1.57 bits per heavy atom. The number of hydrogen-bond acceptors (Lipinski definition) is 12. The van der Waals surface area contributed by atoms with Crippen molar-refractivity contribution in [3.63, 3.8) is 0 Å². The van der Waals surface area contributed by atoms with E-state index in [1.165, 1.54) is 6.33 Å². The number of nitrogens with one attached hydrogen (secondary N) is 1. The van der Waals surface area contributed by atoms with Gasteiger partial charge in [0, 0.05) is 63.0 Å².